The second-order valence-corrected chi connectivity index (χ2v) is 13.1. The molecule has 214 valence electrons. The maximum Gasteiger partial charge on any atom is 0.251 e. The van der Waals surface area contributed by atoms with Gasteiger partial charge in [-0.2, -0.15) is 0 Å². The largest absolute Gasteiger partial charge is 0.494 e. The van der Waals surface area contributed by atoms with Gasteiger partial charge in [-0.05, 0) is 62.4 Å². The highest BCUT2D eigenvalue weighted by atomic mass is 35.5. The maximum absolute atomic E-state index is 14.4. The number of aliphatic hydroxyl groups excluding tert-OH is 1. The highest BCUT2D eigenvalue weighted by molar-refractivity contribution is 8.02. The van der Waals surface area contributed by atoms with E-state index >= 15 is 0 Å². The van der Waals surface area contributed by atoms with Crippen LogP contribution in [0.4, 0.5) is 11.4 Å². The van der Waals surface area contributed by atoms with Crippen LogP contribution >= 0.6 is 23.4 Å². The zero-order valence-electron chi connectivity index (χ0n) is 22.9. The average molecular weight is 594 g/mol. The Labute approximate surface area is 248 Å². The van der Waals surface area contributed by atoms with Gasteiger partial charge < -0.3 is 24.5 Å². The van der Waals surface area contributed by atoms with Gasteiger partial charge in [0.15, 0.2) is 0 Å². The number of anilines is 2. The van der Waals surface area contributed by atoms with Gasteiger partial charge in [-0.1, -0.05) is 35.9 Å². The standard InChI is InChI=1S/C31H32ClN3O5S/c1-3-40-23-12-10-22(11-13-23)33-16-4-14-30(2)24(27(33)37)25-28(38)35(18-19-36)26-29(39)34(17-5-15-31(25,26)41-30)21-8-6-20(32)7-9-21/h4-15,24-26,36H,3,16-19H2,1-2H3/t24-,25+,26?,30+,31+/m1/s1. The highest BCUT2D eigenvalue weighted by Gasteiger charge is 2.74. The van der Waals surface area contributed by atoms with E-state index in [-0.39, 0.29) is 30.9 Å². The number of ether oxygens (including phenoxy) is 1. The third kappa shape index (κ3) is 4.37. The molecule has 4 aliphatic heterocycles. The lowest BCUT2D eigenvalue weighted by atomic mass is 9.74. The fraction of sp³-hybridized carbons (Fsp3) is 0.387. The van der Waals surface area contributed by atoms with Crippen LogP contribution in [0.15, 0.2) is 72.8 Å². The van der Waals surface area contributed by atoms with E-state index in [1.807, 2.05) is 62.4 Å². The van der Waals surface area contributed by atoms with Crippen molar-refractivity contribution in [1.82, 2.24) is 4.90 Å². The molecule has 2 aromatic rings. The number of β-amino-alcohol motifs (C(OH)–C–C–N with tert-alkyl or cyclic N) is 1. The van der Waals surface area contributed by atoms with Gasteiger partial charge in [0.25, 0.3) is 5.91 Å². The third-order valence-corrected chi connectivity index (χ3v) is 10.5. The molecule has 5 atom stereocenters. The lowest BCUT2D eigenvalue weighted by molar-refractivity contribution is -0.139. The van der Waals surface area contributed by atoms with Crippen LogP contribution in [0, 0.1) is 11.8 Å². The first-order valence-corrected chi connectivity index (χ1v) is 15.0. The van der Waals surface area contributed by atoms with Crippen LogP contribution < -0.4 is 14.5 Å². The van der Waals surface area contributed by atoms with Gasteiger partial charge in [-0.15, -0.1) is 11.8 Å². The first kappa shape index (κ1) is 27.9. The summed E-state index contributed by atoms with van der Waals surface area (Å²) in [5.41, 5.74) is 1.39. The van der Waals surface area contributed by atoms with Crippen LogP contribution in [0.5, 0.6) is 5.75 Å². The first-order valence-electron chi connectivity index (χ1n) is 13.8. The lowest BCUT2D eigenvalue weighted by Crippen LogP contribution is -2.54. The topological polar surface area (TPSA) is 90.4 Å². The fourth-order valence-electron chi connectivity index (χ4n) is 6.84. The summed E-state index contributed by atoms with van der Waals surface area (Å²) in [7, 11) is 0. The van der Waals surface area contributed by atoms with E-state index in [1.54, 1.807) is 34.1 Å². The molecule has 1 spiro atoms. The minimum atomic E-state index is -0.980. The third-order valence-electron chi connectivity index (χ3n) is 8.50. The second-order valence-electron chi connectivity index (χ2n) is 10.9. The molecular formula is C31H32ClN3O5S. The Balaban J connectivity index is 1.42. The molecule has 0 saturated carbocycles. The van der Waals surface area contributed by atoms with Crippen LogP contribution in [0.3, 0.4) is 0 Å². The van der Waals surface area contributed by atoms with E-state index in [0.717, 1.165) is 5.75 Å². The smallest absolute Gasteiger partial charge is 0.251 e. The van der Waals surface area contributed by atoms with E-state index < -0.39 is 27.4 Å². The molecule has 0 radical (unpaired) electrons. The Hall–Kier alpha value is -3.27. The molecular weight excluding hydrogens is 562 g/mol. The summed E-state index contributed by atoms with van der Waals surface area (Å²) in [6.07, 6.45) is 7.91. The number of nitrogens with zero attached hydrogens (tertiary/aromatic N) is 3. The van der Waals surface area contributed by atoms with E-state index in [2.05, 4.69) is 0 Å². The van der Waals surface area contributed by atoms with Gasteiger partial charge in [-0.25, -0.2) is 0 Å². The van der Waals surface area contributed by atoms with Crippen molar-refractivity contribution in [2.45, 2.75) is 29.4 Å². The molecule has 1 unspecified atom stereocenters. The number of amides is 3. The molecule has 41 heavy (non-hydrogen) atoms. The van der Waals surface area contributed by atoms with E-state index in [4.69, 9.17) is 16.3 Å². The molecule has 6 rings (SSSR count). The molecule has 2 aromatic carbocycles. The van der Waals surface area contributed by atoms with Crippen LogP contribution in [0.25, 0.3) is 0 Å². The number of fused-ring (bicyclic) bond motifs is 2. The summed E-state index contributed by atoms with van der Waals surface area (Å²) >= 11 is 7.62. The Morgan fingerprint density at radius 2 is 1.51 bits per heavy atom. The Morgan fingerprint density at radius 1 is 0.902 bits per heavy atom. The van der Waals surface area contributed by atoms with Crippen LogP contribution in [0.1, 0.15) is 13.8 Å². The van der Waals surface area contributed by atoms with Crippen LogP contribution in [-0.4, -0.2) is 76.1 Å². The lowest BCUT2D eigenvalue weighted by Gasteiger charge is -2.36. The maximum atomic E-state index is 14.4. The zero-order valence-corrected chi connectivity index (χ0v) is 24.5. The zero-order chi connectivity index (χ0) is 28.9. The number of carbonyl (C=O) groups excluding carboxylic acids is 3. The monoisotopic (exact) mass is 593 g/mol. The number of aliphatic hydroxyl groups is 1. The van der Waals surface area contributed by atoms with Crippen molar-refractivity contribution in [2.75, 3.05) is 42.6 Å². The fourth-order valence-corrected chi connectivity index (χ4v) is 9.13. The van der Waals surface area contributed by atoms with Crippen molar-refractivity contribution in [3.8, 4) is 5.75 Å². The van der Waals surface area contributed by atoms with Crippen LogP contribution in [-0.2, 0) is 14.4 Å². The number of hydrogen-bond donors (Lipinski definition) is 1. The summed E-state index contributed by atoms with van der Waals surface area (Å²) in [5, 5.41) is 10.5. The number of rotatable bonds is 6. The van der Waals surface area contributed by atoms with Gasteiger partial charge in [0.1, 0.15) is 11.8 Å². The number of halogens is 1. The molecule has 0 bridgehead atoms. The number of likely N-dealkylation sites (tertiary alicyclic amines) is 1. The normalized spacial score (nSPS) is 30.7. The predicted molar refractivity (Wildman–Crippen MR) is 160 cm³/mol. The molecule has 1 N–H and O–H groups in total. The van der Waals surface area contributed by atoms with Crippen molar-refractivity contribution in [1.29, 1.82) is 0 Å². The van der Waals surface area contributed by atoms with Crippen molar-refractivity contribution >= 4 is 52.5 Å². The summed E-state index contributed by atoms with van der Waals surface area (Å²) < 4.78 is 3.87. The minimum absolute atomic E-state index is 0.00637. The summed E-state index contributed by atoms with van der Waals surface area (Å²) in [6, 6.07) is 13.5. The van der Waals surface area contributed by atoms with Crippen molar-refractivity contribution < 1.29 is 24.2 Å². The van der Waals surface area contributed by atoms with Gasteiger partial charge >= 0.3 is 0 Å². The molecule has 10 heteroatoms. The van der Waals surface area contributed by atoms with Crippen molar-refractivity contribution in [3.63, 3.8) is 0 Å². The minimum Gasteiger partial charge on any atom is -0.494 e. The molecule has 4 aliphatic rings. The summed E-state index contributed by atoms with van der Waals surface area (Å²) in [4.78, 5) is 47.9. The Kier molecular flexibility index (Phi) is 7.16. The molecule has 8 nitrogen and oxygen atoms in total. The van der Waals surface area contributed by atoms with Gasteiger partial charge in [0.2, 0.25) is 11.8 Å². The van der Waals surface area contributed by atoms with Crippen molar-refractivity contribution in [3.05, 3.63) is 77.9 Å². The van der Waals surface area contributed by atoms with Gasteiger partial charge in [0, 0.05) is 40.8 Å². The Morgan fingerprint density at radius 3 is 2.15 bits per heavy atom. The number of carbonyl (C=O) groups is 3. The molecule has 4 heterocycles. The molecule has 0 aromatic heterocycles. The molecule has 3 amide bonds. The van der Waals surface area contributed by atoms with Gasteiger partial charge in [-0.3, -0.25) is 14.4 Å². The SMILES string of the molecule is CCOc1ccc(N2CC=C[C@]3(C)S[C@]45C=CCN(c6ccc(Cl)cc6)C(=O)C4N(CCO)C(=O)[C@@H]5[C@@H]3C2=O)cc1. The van der Waals surface area contributed by atoms with Gasteiger partial charge in [0.05, 0.1) is 29.8 Å². The number of thioether (sulfide) groups is 1. The predicted octanol–water partition coefficient (Wildman–Crippen LogP) is 3.92. The highest BCUT2D eigenvalue weighted by Crippen LogP contribution is 2.65. The second kappa shape index (κ2) is 10.5. The molecule has 0 aliphatic carbocycles. The van der Waals surface area contributed by atoms with Crippen molar-refractivity contribution in [2.24, 2.45) is 11.8 Å². The number of benzene rings is 2. The molecule has 2 fully saturated rings. The summed E-state index contributed by atoms with van der Waals surface area (Å²) in [6.45, 7) is 4.85. The average Bonchev–Trinajstić information content (AvgIpc) is 3.21. The quantitative estimate of drug-likeness (QED) is 0.511. The van der Waals surface area contributed by atoms with E-state index in [0.29, 0.717) is 36.1 Å². The summed E-state index contributed by atoms with van der Waals surface area (Å²) in [5.74, 6) is -1.45. The van der Waals surface area contributed by atoms with E-state index in [1.165, 1.54) is 16.7 Å². The Bertz CT molecular complexity index is 1430. The first-order chi connectivity index (χ1) is 19.7. The number of hydrogen-bond acceptors (Lipinski definition) is 6. The molecule has 2 saturated heterocycles. The van der Waals surface area contributed by atoms with Crippen LogP contribution in [0.2, 0.25) is 5.02 Å². The van der Waals surface area contributed by atoms with E-state index in [9.17, 15) is 19.5 Å².